The number of amides is 1. The zero-order valence-electron chi connectivity index (χ0n) is 12.3. The molecule has 1 aromatic heterocycles. The molecule has 0 radical (unpaired) electrons. The molecule has 1 amide bonds. The normalized spacial score (nSPS) is 22.8. The van der Waals surface area contributed by atoms with Gasteiger partial charge in [0.25, 0.3) is 0 Å². The van der Waals surface area contributed by atoms with Crippen LogP contribution in [-0.4, -0.2) is 12.0 Å². The van der Waals surface area contributed by atoms with E-state index in [0.29, 0.717) is 24.4 Å². The number of hydrogen-bond donors (Lipinski definition) is 2. The molecule has 1 heterocycles. The number of hydrogen-bond acceptors (Lipinski definition) is 4. The summed E-state index contributed by atoms with van der Waals surface area (Å²) in [6.07, 6.45) is 6.37. The molecule has 3 N–H and O–H groups in total. The van der Waals surface area contributed by atoms with Gasteiger partial charge < -0.3 is 9.15 Å². The molecule has 1 fully saturated rings. The van der Waals surface area contributed by atoms with Crippen molar-refractivity contribution in [2.45, 2.75) is 58.7 Å². The fraction of sp³-hybridized carbons (Fsp3) is 0.667. The van der Waals surface area contributed by atoms with Gasteiger partial charge in [-0.1, -0.05) is 26.2 Å². The van der Waals surface area contributed by atoms with Gasteiger partial charge in [-0.2, -0.15) is 0 Å². The number of carbonyl (C=O) groups excluding carboxylic acids is 1. The van der Waals surface area contributed by atoms with Crippen molar-refractivity contribution in [2.75, 3.05) is 0 Å². The molecular weight excluding hydrogens is 256 g/mol. The van der Waals surface area contributed by atoms with Crippen molar-refractivity contribution in [3.8, 4) is 0 Å². The Morgan fingerprint density at radius 2 is 2.25 bits per heavy atom. The highest BCUT2D eigenvalue weighted by Crippen LogP contribution is 2.30. The fourth-order valence-corrected chi connectivity index (χ4v) is 2.96. The highest BCUT2D eigenvalue weighted by atomic mass is 16.5. The lowest BCUT2D eigenvalue weighted by Crippen LogP contribution is -2.30. The maximum Gasteiger partial charge on any atom is 0.301 e. The third-order valence-corrected chi connectivity index (χ3v) is 4.11. The van der Waals surface area contributed by atoms with Crippen LogP contribution in [-0.2, 0) is 11.3 Å². The first kappa shape index (κ1) is 15.1. The first-order valence-electron chi connectivity index (χ1n) is 7.37. The van der Waals surface area contributed by atoms with Crippen LogP contribution in [0.2, 0.25) is 0 Å². The molecule has 0 saturated heterocycles. The maximum absolute atomic E-state index is 11.5. The number of hydrazine groups is 1. The van der Waals surface area contributed by atoms with Crippen molar-refractivity contribution < 1.29 is 13.9 Å². The van der Waals surface area contributed by atoms with Gasteiger partial charge in [-0.25, -0.2) is 5.84 Å². The molecule has 2 atom stereocenters. The minimum absolute atomic E-state index is 0.266. The number of rotatable bonds is 5. The quantitative estimate of drug-likeness (QED) is 0.494. The van der Waals surface area contributed by atoms with E-state index in [1.54, 1.807) is 0 Å². The van der Waals surface area contributed by atoms with Crippen molar-refractivity contribution in [1.82, 2.24) is 5.43 Å². The third kappa shape index (κ3) is 3.41. The van der Waals surface area contributed by atoms with Gasteiger partial charge in [0.2, 0.25) is 0 Å². The van der Waals surface area contributed by atoms with Crippen LogP contribution in [0.3, 0.4) is 0 Å². The Morgan fingerprint density at radius 3 is 2.95 bits per heavy atom. The van der Waals surface area contributed by atoms with Crippen LogP contribution in [0.15, 0.2) is 10.5 Å². The lowest BCUT2D eigenvalue weighted by Gasteiger charge is -2.30. The number of nitrogens with two attached hydrogens (primary N) is 1. The Kier molecular flexibility index (Phi) is 5.20. The van der Waals surface area contributed by atoms with E-state index in [1.807, 2.05) is 13.0 Å². The van der Waals surface area contributed by atoms with Crippen LogP contribution < -0.4 is 11.3 Å². The number of aryl methyl sites for hydroxylation is 1. The van der Waals surface area contributed by atoms with Crippen LogP contribution in [0.4, 0.5) is 0 Å². The Bertz CT molecular complexity index is 456. The zero-order chi connectivity index (χ0) is 14.5. The van der Waals surface area contributed by atoms with Gasteiger partial charge in [0.1, 0.15) is 12.4 Å². The monoisotopic (exact) mass is 280 g/mol. The second kappa shape index (κ2) is 6.90. The van der Waals surface area contributed by atoms with E-state index in [1.165, 1.54) is 19.3 Å². The molecule has 0 aromatic carbocycles. The number of nitrogen functional groups attached to an aromatic ring is 1. The minimum atomic E-state index is -0.405. The molecule has 0 aliphatic heterocycles. The highest BCUT2D eigenvalue weighted by molar-refractivity contribution is 5.92. The molecule has 0 spiro atoms. The van der Waals surface area contributed by atoms with Gasteiger partial charge >= 0.3 is 5.91 Å². The smallest absolute Gasteiger partial charge is 0.301 e. The minimum Gasteiger partial charge on any atom is -0.453 e. The highest BCUT2D eigenvalue weighted by Gasteiger charge is 2.25. The summed E-state index contributed by atoms with van der Waals surface area (Å²) in [4.78, 5) is 11.5. The van der Waals surface area contributed by atoms with Gasteiger partial charge in [0, 0.05) is 5.56 Å². The summed E-state index contributed by atoms with van der Waals surface area (Å²) < 4.78 is 11.5. The first-order chi connectivity index (χ1) is 9.65. The predicted molar refractivity (Wildman–Crippen MR) is 75.9 cm³/mol. The first-order valence-corrected chi connectivity index (χ1v) is 7.37. The maximum atomic E-state index is 11.5. The van der Waals surface area contributed by atoms with Crippen molar-refractivity contribution >= 4 is 5.91 Å². The molecule has 5 heteroatoms. The number of furan rings is 1. The standard InChI is InChI=1S/C15H24N2O3/c1-3-11-6-4-5-7-13(11)19-9-12-8-10(2)14(20-12)15(18)17-16/h8,11,13H,3-7,9,16H2,1-2H3,(H,17,18). The van der Waals surface area contributed by atoms with Crippen molar-refractivity contribution in [3.63, 3.8) is 0 Å². The fourth-order valence-electron chi connectivity index (χ4n) is 2.96. The average molecular weight is 280 g/mol. The Labute approximate surface area is 119 Å². The Balaban J connectivity index is 1.95. The Morgan fingerprint density at radius 1 is 1.50 bits per heavy atom. The third-order valence-electron chi connectivity index (χ3n) is 4.11. The number of carbonyl (C=O) groups is 1. The van der Waals surface area contributed by atoms with Gasteiger partial charge in [-0.3, -0.25) is 10.2 Å². The van der Waals surface area contributed by atoms with Gasteiger partial charge in [-0.05, 0) is 31.7 Å². The van der Waals surface area contributed by atoms with E-state index in [0.717, 1.165) is 18.4 Å². The topological polar surface area (TPSA) is 77.5 Å². The van der Waals surface area contributed by atoms with E-state index in [4.69, 9.17) is 15.0 Å². The molecule has 2 rings (SSSR count). The van der Waals surface area contributed by atoms with E-state index in [9.17, 15) is 4.79 Å². The summed E-state index contributed by atoms with van der Waals surface area (Å²) in [5, 5.41) is 0. The van der Waals surface area contributed by atoms with Crippen molar-refractivity contribution in [3.05, 3.63) is 23.2 Å². The van der Waals surface area contributed by atoms with Crippen LogP contribution in [0.25, 0.3) is 0 Å². The molecule has 112 valence electrons. The van der Waals surface area contributed by atoms with Crippen LogP contribution >= 0.6 is 0 Å². The lowest BCUT2D eigenvalue weighted by atomic mass is 9.85. The summed E-state index contributed by atoms with van der Waals surface area (Å²) in [5.41, 5.74) is 2.86. The van der Waals surface area contributed by atoms with Crippen LogP contribution in [0.5, 0.6) is 0 Å². The van der Waals surface area contributed by atoms with E-state index in [2.05, 4.69) is 12.3 Å². The van der Waals surface area contributed by atoms with Crippen LogP contribution in [0.1, 0.15) is 60.9 Å². The molecule has 1 aromatic rings. The molecule has 1 saturated carbocycles. The van der Waals surface area contributed by atoms with Gasteiger partial charge in [0.15, 0.2) is 5.76 Å². The van der Waals surface area contributed by atoms with Gasteiger partial charge in [-0.15, -0.1) is 0 Å². The molecule has 0 bridgehead atoms. The lowest BCUT2D eigenvalue weighted by molar-refractivity contribution is -0.0285. The summed E-state index contributed by atoms with van der Waals surface area (Å²) in [7, 11) is 0. The molecule has 1 aliphatic carbocycles. The SMILES string of the molecule is CCC1CCCCC1OCc1cc(C)c(C(=O)NN)o1. The summed E-state index contributed by atoms with van der Waals surface area (Å²) >= 11 is 0. The predicted octanol–water partition coefficient (Wildman–Crippen LogP) is 2.68. The largest absolute Gasteiger partial charge is 0.453 e. The van der Waals surface area contributed by atoms with Crippen molar-refractivity contribution in [2.24, 2.45) is 11.8 Å². The second-order valence-corrected chi connectivity index (χ2v) is 5.50. The zero-order valence-corrected chi connectivity index (χ0v) is 12.3. The van der Waals surface area contributed by atoms with E-state index in [-0.39, 0.29) is 5.76 Å². The number of nitrogens with one attached hydrogen (secondary N) is 1. The molecule has 1 aliphatic rings. The number of ether oxygens (including phenoxy) is 1. The molecule has 20 heavy (non-hydrogen) atoms. The summed E-state index contributed by atoms with van der Waals surface area (Å²) in [5.74, 6) is 6.31. The van der Waals surface area contributed by atoms with E-state index >= 15 is 0 Å². The van der Waals surface area contributed by atoms with Crippen molar-refractivity contribution in [1.29, 1.82) is 0 Å². The average Bonchev–Trinajstić information content (AvgIpc) is 2.85. The Hall–Kier alpha value is -1.33. The summed E-state index contributed by atoms with van der Waals surface area (Å²) in [6, 6.07) is 1.84. The molecule has 5 nitrogen and oxygen atoms in total. The molecule has 2 unspecified atom stereocenters. The van der Waals surface area contributed by atoms with E-state index < -0.39 is 5.91 Å². The molecular formula is C15H24N2O3. The second-order valence-electron chi connectivity index (χ2n) is 5.50. The van der Waals surface area contributed by atoms with Crippen LogP contribution in [0, 0.1) is 12.8 Å². The summed E-state index contributed by atoms with van der Waals surface area (Å²) in [6.45, 7) is 4.46. The van der Waals surface area contributed by atoms with Gasteiger partial charge in [0.05, 0.1) is 6.10 Å².